The van der Waals surface area contributed by atoms with E-state index in [1.54, 1.807) is 6.07 Å². The number of halogens is 1. The Kier molecular flexibility index (Phi) is 2.56. The number of carboxylic acids is 1. The minimum Gasteiger partial charge on any atom is -0.478 e. The molecule has 0 unspecified atom stereocenters. The third-order valence-corrected chi connectivity index (χ3v) is 3.01. The highest BCUT2D eigenvalue weighted by molar-refractivity contribution is 6.32. The molecule has 0 saturated carbocycles. The summed E-state index contributed by atoms with van der Waals surface area (Å²) in [6.07, 6.45) is 0. The van der Waals surface area contributed by atoms with E-state index in [2.05, 4.69) is 4.98 Å². The molecule has 0 spiro atoms. The van der Waals surface area contributed by atoms with Gasteiger partial charge >= 0.3 is 5.97 Å². The number of fused-ring (bicyclic) bond motifs is 1. The summed E-state index contributed by atoms with van der Waals surface area (Å²) < 4.78 is 0. The molecule has 0 aliphatic rings. The first-order chi connectivity index (χ1) is 7.50. The molecule has 1 heterocycles. The first-order valence-corrected chi connectivity index (χ1v) is 5.18. The van der Waals surface area contributed by atoms with E-state index in [0.29, 0.717) is 0 Å². The monoisotopic (exact) mass is 235 g/mol. The molecular weight excluding hydrogens is 226 g/mol. The quantitative estimate of drug-likeness (QED) is 0.773. The second-order valence-electron chi connectivity index (χ2n) is 3.71. The van der Waals surface area contributed by atoms with Crippen LogP contribution in [0.25, 0.3) is 10.9 Å². The van der Waals surface area contributed by atoms with E-state index in [-0.39, 0.29) is 10.7 Å². The van der Waals surface area contributed by atoms with Gasteiger partial charge in [0.25, 0.3) is 0 Å². The van der Waals surface area contributed by atoms with E-state index in [9.17, 15) is 4.79 Å². The fraction of sp³-hybridized carbons (Fsp3) is 0.167. The number of hydrogen-bond acceptors (Lipinski definition) is 2. The van der Waals surface area contributed by atoms with Gasteiger partial charge in [-0.25, -0.2) is 9.78 Å². The first-order valence-electron chi connectivity index (χ1n) is 4.80. The van der Waals surface area contributed by atoms with Crippen molar-refractivity contribution in [2.75, 3.05) is 0 Å². The van der Waals surface area contributed by atoms with Gasteiger partial charge in [-0.3, -0.25) is 0 Å². The minimum absolute atomic E-state index is 0.0308. The van der Waals surface area contributed by atoms with Crippen molar-refractivity contribution < 1.29 is 9.90 Å². The fourth-order valence-electron chi connectivity index (χ4n) is 1.62. The number of rotatable bonds is 1. The number of carbonyl (C=O) groups is 1. The number of pyridine rings is 1. The van der Waals surface area contributed by atoms with Crippen molar-refractivity contribution in [3.05, 3.63) is 40.0 Å². The zero-order valence-electron chi connectivity index (χ0n) is 8.91. The number of aromatic nitrogens is 1. The number of aromatic carboxylic acids is 1. The van der Waals surface area contributed by atoms with Crippen LogP contribution in [0.3, 0.4) is 0 Å². The Balaban J connectivity index is 2.86. The highest BCUT2D eigenvalue weighted by Gasteiger charge is 2.12. The highest BCUT2D eigenvalue weighted by atomic mass is 35.5. The number of carboxylic acid groups (broad SMARTS) is 1. The summed E-state index contributed by atoms with van der Waals surface area (Å²) in [6, 6.07) is 5.37. The Morgan fingerprint density at radius 1 is 1.38 bits per heavy atom. The summed E-state index contributed by atoms with van der Waals surface area (Å²) in [4.78, 5) is 15.0. The van der Waals surface area contributed by atoms with Crippen LogP contribution in [-0.4, -0.2) is 16.1 Å². The van der Waals surface area contributed by atoms with Crippen LogP contribution in [0.5, 0.6) is 0 Å². The van der Waals surface area contributed by atoms with Gasteiger partial charge in [0.2, 0.25) is 0 Å². The number of aryl methyl sites for hydroxylation is 2. The van der Waals surface area contributed by atoms with Crippen LogP contribution < -0.4 is 0 Å². The summed E-state index contributed by atoms with van der Waals surface area (Å²) >= 11 is 5.80. The van der Waals surface area contributed by atoms with E-state index < -0.39 is 5.97 Å². The van der Waals surface area contributed by atoms with Gasteiger partial charge in [-0.2, -0.15) is 0 Å². The highest BCUT2D eigenvalue weighted by Crippen LogP contribution is 2.25. The Morgan fingerprint density at radius 3 is 2.69 bits per heavy atom. The lowest BCUT2D eigenvalue weighted by atomic mass is 10.0. The van der Waals surface area contributed by atoms with Crippen LogP contribution in [-0.2, 0) is 0 Å². The van der Waals surface area contributed by atoms with Crippen LogP contribution in [0.2, 0.25) is 5.15 Å². The van der Waals surface area contributed by atoms with Gasteiger partial charge < -0.3 is 5.11 Å². The van der Waals surface area contributed by atoms with Crippen LogP contribution in [0.15, 0.2) is 18.2 Å². The van der Waals surface area contributed by atoms with Crippen molar-refractivity contribution in [2.24, 2.45) is 0 Å². The molecule has 0 radical (unpaired) electrons. The maximum Gasteiger partial charge on any atom is 0.338 e. The minimum atomic E-state index is -1.06. The summed E-state index contributed by atoms with van der Waals surface area (Å²) in [6.45, 7) is 3.92. The number of benzene rings is 1. The second-order valence-corrected chi connectivity index (χ2v) is 4.06. The van der Waals surface area contributed by atoms with Gasteiger partial charge in [-0.05, 0) is 37.1 Å². The predicted octanol–water partition coefficient (Wildman–Crippen LogP) is 3.20. The van der Waals surface area contributed by atoms with Crippen molar-refractivity contribution in [3.8, 4) is 0 Å². The third-order valence-electron chi connectivity index (χ3n) is 2.72. The van der Waals surface area contributed by atoms with Crippen LogP contribution in [0.1, 0.15) is 21.5 Å². The molecule has 0 aliphatic carbocycles. The SMILES string of the molecule is Cc1ccc2nc(Cl)c(C(=O)O)cc2c1C. The molecule has 1 aromatic heterocycles. The van der Waals surface area contributed by atoms with E-state index in [0.717, 1.165) is 22.0 Å². The summed E-state index contributed by atoms with van der Waals surface area (Å²) in [7, 11) is 0. The van der Waals surface area contributed by atoms with Crippen molar-refractivity contribution in [2.45, 2.75) is 13.8 Å². The molecule has 3 nitrogen and oxygen atoms in total. The first kappa shape index (κ1) is 10.9. The molecule has 0 bridgehead atoms. The van der Waals surface area contributed by atoms with Crippen molar-refractivity contribution >= 4 is 28.5 Å². The fourth-order valence-corrected chi connectivity index (χ4v) is 1.85. The maximum absolute atomic E-state index is 10.9. The molecule has 0 amide bonds. The summed E-state index contributed by atoms with van der Waals surface area (Å²) in [5, 5.41) is 9.83. The van der Waals surface area contributed by atoms with E-state index in [1.165, 1.54) is 0 Å². The van der Waals surface area contributed by atoms with Gasteiger partial charge in [0.1, 0.15) is 5.15 Å². The number of hydrogen-bond donors (Lipinski definition) is 1. The Bertz CT molecular complexity index is 593. The van der Waals surface area contributed by atoms with Crippen molar-refractivity contribution in [1.82, 2.24) is 4.98 Å². The Labute approximate surface area is 97.7 Å². The molecule has 1 aromatic carbocycles. The second kappa shape index (κ2) is 3.76. The standard InChI is InChI=1S/C12H10ClNO2/c1-6-3-4-10-8(7(6)2)5-9(12(15)16)11(13)14-10/h3-5H,1-2H3,(H,15,16). The van der Waals surface area contributed by atoms with E-state index in [1.807, 2.05) is 26.0 Å². The summed E-state index contributed by atoms with van der Waals surface area (Å²) in [5.41, 5.74) is 2.90. The Morgan fingerprint density at radius 2 is 2.06 bits per heavy atom. The van der Waals surface area contributed by atoms with Gasteiger partial charge in [0, 0.05) is 5.39 Å². The molecule has 16 heavy (non-hydrogen) atoms. The third kappa shape index (κ3) is 1.63. The van der Waals surface area contributed by atoms with Gasteiger partial charge in [-0.15, -0.1) is 0 Å². The van der Waals surface area contributed by atoms with Gasteiger partial charge in [-0.1, -0.05) is 17.7 Å². The lowest BCUT2D eigenvalue weighted by molar-refractivity contribution is 0.0697. The molecule has 1 N–H and O–H groups in total. The molecule has 0 atom stereocenters. The molecular formula is C12H10ClNO2. The molecule has 4 heteroatoms. The van der Waals surface area contributed by atoms with Gasteiger partial charge in [0.05, 0.1) is 11.1 Å². The molecule has 82 valence electrons. The van der Waals surface area contributed by atoms with Crippen molar-refractivity contribution in [3.63, 3.8) is 0 Å². The zero-order valence-corrected chi connectivity index (χ0v) is 9.67. The average Bonchev–Trinajstić information content (AvgIpc) is 2.23. The lowest BCUT2D eigenvalue weighted by Gasteiger charge is -2.07. The Hall–Kier alpha value is -1.61. The normalized spacial score (nSPS) is 10.7. The largest absolute Gasteiger partial charge is 0.478 e. The number of nitrogens with zero attached hydrogens (tertiary/aromatic N) is 1. The molecule has 0 aliphatic heterocycles. The van der Waals surface area contributed by atoms with Crippen LogP contribution in [0.4, 0.5) is 0 Å². The maximum atomic E-state index is 10.9. The molecule has 2 rings (SSSR count). The molecule has 2 aromatic rings. The van der Waals surface area contributed by atoms with E-state index >= 15 is 0 Å². The van der Waals surface area contributed by atoms with Gasteiger partial charge in [0.15, 0.2) is 0 Å². The molecule has 0 saturated heterocycles. The topological polar surface area (TPSA) is 50.2 Å². The average molecular weight is 236 g/mol. The zero-order chi connectivity index (χ0) is 11.9. The predicted molar refractivity (Wildman–Crippen MR) is 63.2 cm³/mol. The summed E-state index contributed by atoms with van der Waals surface area (Å²) in [5.74, 6) is -1.06. The molecule has 0 fully saturated rings. The van der Waals surface area contributed by atoms with Crippen molar-refractivity contribution in [1.29, 1.82) is 0 Å². The van der Waals surface area contributed by atoms with Crippen LogP contribution >= 0.6 is 11.6 Å². The van der Waals surface area contributed by atoms with E-state index in [4.69, 9.17) is 16.7 Å². The van der Waals surface area contributed by atoms with Crippen LogP contribution in [0, 0.1) is 13.8 Å². The smallest absolute Gasteiger partial charge is 0.338 e. The lowest BCUT2D eigenvalue weighted by Crippen LogP contribution is -2.00.